The van der Waals surface area contributed by atoms with E-state index in [-0.39, 0.29) is 17.9 Å². The highest BCUT2D eigenvalue weighted by Gasteiger charge is 2.18. The number of nitrogens with two attached hydrogens (primary N) is 1. The van der Waals surface area contributed by atoms with Gasteiger partial charge in [-0.15, -0.1) is 0 Å². The Morgan fingerprint density at radius 3 is 2.65 bits per heavy atom. The van der Waals surface area contributed by atoms with Crippen molar-refractivity contribution in [2.75, 3.05) is 11.9 Å². The number of hydrogen-bond donors (Lipinski definition) is 1. The average Bonchev–Trinajstić information content (AvgIpc) is 2.27. The molecule has 92 valence electrons. The number of hydrogen-bond acceptors (Lipinski definition) is 3. The number of rotatable bonds is 4. The summed E-state index contributed by atoms with van der Waals surface area (Å²) >= 11 is 0. The van der Waals surface area contributed by atoms with Crippen LogP contribution in [0.2, 0.25) is 0 Å². The fourth-order valence-electron chi connectivity index (χ4n) is 1.79. The van der Waals surface area contributed by atoms with Gasteiger partial charge in [-0.05, 0) is 26.0 Å². The van der Waals surface area contributed by atoms with E-state index in [1.165, 1.54) is 6.07 Å². The lowest BCUT2D eigenvalue weighted by Gasteiger charge is -2.28. The highest BCUT2D eigenvalue weighted by Crippen LogP contribution is 2.28. The molecule has 4 heteroatoms. The maximum absolute atomic E-state index is 13.7. The van der Waals surface area contributed by atoms with Crippen LogP contribution in [0.4, 0.5) is 10.1 Å². The number of nitriles is 1. The van der Waals surface area contributed by atoms with Gasteiger partial charge in [0.1, 0.15) is 5.82 Å². The summed E-state index contributed by atoms with van der Waals surface area (Å²) in [5, 5.41) is 8.69. The third-order valence-electron chi connectivity index (χ3n) is 2.91. The fourth-order valence-corrected chi connectivity index (χ4v) is 1.79. The van der Waals surface area contributed by atoms with Crippen molar-refractivity contribution >= 4 is 5.69 Å². The molecule has 1 unspecified atom stereocenters. The second-order valence-electron chi connectivity index (χ2n) is 4.28. The molecule has 0 heterocycles. The standard InChI is InChI=1S/C13H18FN3/c1-9(7-8-15)17(3)12-6-4-5-11(14)13(12)10(2)16/h4-6,9-10H,7,16H2,1-3H3/t9?,10-/m1/s1. The van der Waals surface area contributed by atoms with Crippen molar-refractivity contribution in [1.82, 2.24) is 0 Å². The molecule has 1 aromatic carbocycles. The summed E-state index contributed by atoms with van der Waals surface area (Å²) in [6, 6.07) is 6.67. The molecule has 17 heavy (non-hydrogen) atoms. The molecular weight excluding hydrogens is 217 g/mol. The molecule has 0 saturated carbocycles. The fraction of sp³-hybridized carbons (Fsp3) is 0.462. The van der Waals surface area contributed by atoms with Gasteiger partial charge >= 0.3 is 0 Å². The van der Waals surface area contributed by atoms with E-state index in [2.05, 4.69) is 6.07 Å². The second-order valence-corrected chi connectivity index (χ2v) is 4.28. The van der Waals surface area contributed by atoms with Gasteiger partial charge in [-0.3, -0.25) is 0 Å². The van der Waals surface area contributed by atoms with Crippen molar-refractivity contribution < 1.29 is 4.39 Å². The molecule has 1 rings (SSSR count). The van der Waals surface area contributed by atoms with Crippen LogP contribution in [0.1, 0.15) is 31.9 Å². The van der Waals surface area contributed by atoms with Crippen molar-refractivity contribution in [2.24, 2.45) is 5.73 Å². The number of benzene rings is 1. The van der Waals surface area contributed by atoms with Gasteiger partial charge in [0, 0.05) is 30.4 Å². The van der Waals surface area contributed by atoms with E-state index in [4.69, 9.17) is 11.0 Å². The van der Waals surface area contributed by atoms with E-state index >= 15 is 0 Å². The van der Waals surface area contributed by atoms with Crippen LogP contribution in [0.5, 0.6) is 0 Å². The van der Waals surface area contributed by atoms with Crippen molar-refractivity contribution in [1.29, 1.82) is 5.26 Å². The number of anilines is 1. The number of nitrogens with zero attached hydrogens (tertiary/aromatic N) is 2. The van der Waals surface area contributed by atoms with Crippen LogP contribution < -0.4 is 10.6 Å². The Labute approximate surface area is 102 Å². The van der Waals surface area contributed by atoms with E-state index in [0.29, 0.717) is 12.0 Å². The highest BCUT2D eigenvalue weighted by atomic mass is 19.1. The first-order chi connectivity index (χ1) is 7.99. The maximum atomic E-state index is 13.7. The Kier molecular flexibility index (Phi) is 4.47. The van der Waals surface area contributed by atoms with Gasteiger partial charge in [0.05, 0.1) is 12.5 Å². The smallest absolute Gasteiger partial charge is 0.130 e. The third kappa shape index (κ3) is 2.95. The average molecular weight is 235 g/mol. The first-order valence-electron chi connectivity index (χ1n) is 5.62. The Bertz CT molecular complexity index is 423. The van der Waals surface area contributed by atoms with Crippen LogP contribution in [-0.4, -0.2) is 13.1 Å². The van der Waals surface area contributed by atoms with Gasteiger partial charge in [0.25, 0.3) is 0 Å². The molecule has 0 aliphatic carbocycles. The SMILES string of the molecule is CC(CC#N)N(C)c1cccc(F)c1[C@@H](C)N. The molecule has 0 aromatic heterocycles. The third-order valence-corrected chi connectivity index (χ3v) is 2.91. The summed E-state index contributed by atoms with van der Waals surface area (Å²) in [7, 11) is 1.85. The highest BCUT2D eigenvalue weighted by molar-refractivity contribution is 5.55. The van der Waals surface area contributed by atoms with Crippen LogP contribution in [0.25, 0.3) is 0 Å². The quantitative estimate of drug-likeness (QED) is 0.872. The lowest BCUT2D eigenvalue weighted by atomic mass is 10.0. The molecule has 2 atom stereocenters. The van der Waals surface area contributed by atoms with Gasteiger partial charge in [-0.25, -0.2) is 4.39 Å². The monoisotopic (exact) mass is 235 g/mol. The Morgan fingerprint density at radius 1 is 1.47 bits per heavy atom. The molecule has 0 bridgehead atoms. The molecule has 0 spiro atoms. The van der Waals surface area contributed by atoms with E-state index in [1.54, 1.807) is 13.0 Å². The van der Waals surface area contributed by atoms with Crippen LogP contribution >= 0.6 is 0 Å². The first kappa shape index (κ1) is 13.5. The molecule has 0 aliphatic rings. The summed E-state index contributed by atoms with van der Waals surface area (Å²) in [4.78, 5) is 1.89. The minimum absolute atomic E-state index is 0.0271. The second kappa shape index (κ2) is 5.65. The lowest BCUT2D eigenvalue weighted by molar-refractivity contribution is 0.589. The van der Waals surface area contributed by atoms with Crippen molar-refractivity contribution in [2.45, 2.75) is 32.4 Å². The largest absolute Gasteiger partial charge is 0.370 e. The minimum atomic E-state index is -0.372. The van der Waals surface area contributed by atoms with E-state index in [9.17, 15) is 4.39 Å². The molecule has 0 radical (unpaired) electrons. The van der Waals surface area contributed by atoms with Crippen molar-refractivity contribution in [3.8, 4) is 6.07 Å². The van der Waals surface area contributed by atoms with Crippen LogP contribution in [-0.2, 0) is 0 Å². The van der Waals surface area contributed by atoms with Gasteiger partial charge in [0.15, 0.2) is 0 Å². The van der Waals surface area contributed by atoms with Gasteiger partial charge in [0.2, 0.25) is 0 Å². The first-order valence-corrected chi connectivity index (χ1v) is 5.62. The van der Waals surface area contributed by atoms with E-state index < -0.39 is 0 Å². The number of halogens is 1. The van der Waals surface area contributed by atoms with Gasteiger partial charge in [-0.2, -0.15) is 5.26 Å². The van der Waals surface area contributed by atoms with Gasteiger partial charge < -0.3 is 10.6 Å². The molecule has 0 amide bonds. The summed E-state index contributed by atoms with van der Waals surface area (Å²) in [5.74, 6) is -0.298. The molecule has 3 nitrogen and oxygen atoms in total. The Balaban J connectivity index is 3.13. The van der Waals surface area contributed by atoms with Crippen molar-refractivity contribution in [3.05, 3.63) is 29.6 Å². The van der Waals surface area contributed by atoms with E-state index in [1.807, 2.05) is 24.9 Å². The zero-order valence-electron chi connectivity index (χ0n) is 10.4. The lowest BCUT2D eigenvalue weighted by Crippen LogP contribution is -2.30. The van der Waals surface area contributed by atoms with Crippen LogP contribution in [0.3, 0.4) is 0 Å². The molecule has 2 N–H and O–H groups in total. The van der Waals surface area contributed by atoms with Crippen molar-refractivity contribution in [3.63, 3.8) is 0 Å². The van der Waals surface area contributed by atoms with E-state index in [0.717, 1.165) is 5.69 Å². The van der Waals surface area contributed by atoms with Crippen LogP contribution in [0, 0.1) is 17.1 Å². The van der Waals surface area contributed by atoms with Crippen LogP contribution in [0.15, 0.2) is 18.2 Å². The molecule has 0 aliphatic heterocycles. The summed E-state index contributed by atoms with van der Waals surface area (Å²) in [6.07, 6.45) is 0.394. The van der Waals surface area contributed by atoms with Gasteiger partial charge in [-0.1, -0.05) is 6.07 Å². The Hall–Kier alpha value is -1.60. The minimum Gasteiger partial charge on any atom is -0.370 e. The zero-order valence-corrected chi connectivity index (χ0v) is 10.4. The molecule has 1 aromatic rings. The molecule has 0 fully saturated rings. The molecular formula is C13H18FN3. The Morgan fingerprint density at radius 2 is 2.12 bits per heavy atom. The summed E-state index contributed by atoms with van der Waals surface area (Å²) < 4.78 is 13.7. The predicted octanol–water partition coefficient (Wildman–Crippen LogP) is 2.58. The molecule has 0 saturated heterocycles. The zero-order chi connectivity index (χ0) is 13.0. The summed E-state index contributed by atoms with van der Waals surface area (Å²) in [5.41, 5.74) is 7.05. The topological polar surface area (TPSA) is 53.0 Å². The summed E-state index contributed by atoms with van der Waals surface area (Å²) in [6.45, 7) is 3.68. The maximum Gasteiger partial charge on any atom is 0.130 e. The normalized spacial score (nSPS) is 13.9. The predicted molar refractivity (Wildman–Crippen MR) is 67.1 cm³/mol.